The summed E-state index contributed by atoms with van der Waals surface area (Å²) in [5, 5.41) is 121. The molecule has 20 atom stereocenters. The lowest BCUT2D eigenvalue weighted by Crippen LogP contribution is -2.70. The van der Waals surface area contributed by atoms with Crippen molar-refractivity contribution in [3.05, 3.63) is 35.9 Å². The molecule has 60 heavy (non-hydrogen) atoms. The van der Waals surface area contributed by atoms with Gasteiger partial charge >= 0.3 is 5.97 Å². The third-order valence-electron chi connectivity index (χ3n) is 10.5. The number of hydrogen-bond acceptors (Lipinski definition) is 22. The molecular weight excluding hydrogens is 810 g/mol. The largest absolute Gasteiger partial charge is 0.459 e. The summed E-state index contributed by atoms with van der Waals surface area (Å²) < 4.78 is 51.1. The summed E-state index contributed by atoms with van der Waals surface area (Å²) in [4.78, 5) is 25.3. The minimum Gasteiger partial charge on any atom is -0.459 e. The summed E-state index contributed by atoms with van der Waals surface area (Å²) in [5.74, 6) is -1.81. The van der Waals surface area contributed by atoms with Gasteiger partial charge in [0.1, 0.15) is 104 Å². The molecule has 4 saturated heterocycles. The first-order valence-electron chi connectivity index (χ1n) is 19.5. The number of rotatable bonds is 16. The van der Waals surface area contributed by atoms with Crippen LogP contribution in [0.2, 0.25) is 0 Å². The van der Waals surface area contributed by atoms with Crippen LogP contribution in [0, 0.1) is 0 Å². The number of aliphatic hydroxyl groups excluding tert-OH is 11. The Morgan fingerprint density at radius 1 is 0.600 bits per heavy atom. The second kappa shape index (κ2) is 21.7. The van der Waals surface area contributed by atoms with E-state index in [2.05, 4.69) is 5.32 Å². The molecule has 0 radical (unpaired) electrons. The summed E-state index contributed by atoms with van der Waals surface area (Å²) in [6.45, 7) is 0.724. The second-order valence-corrected chi connectivity index (χ2v) is 15.2. The Kier molecular flexibility index (Phi) is 17.5. The second-order valence-electron chi connectivity index (χ2n) is 15.2. The molecule has 4 heterocycles. The van der Waals surface area contributed by atoms with Crippen LogP contribution in [-0.2, 0) is 58.8 Å². The zero-order chi connectivity index (χ0) is 44.0. The maximum absolute atomic E-state index is 12.9. The third kappa shape index (κ3) is 10.9. The summed E-state index contributed by atoms with van der Waals surface area (Å²) in [7, 11) is 0. The van der Waals surface area contributed by atoms with Gasteiger partial charge in [-0.15, -0.1) is 0 Å². The van der Waals surface area contributed by atoms with E-state index in [0.29, 0.717) is 5.56 Å². The van der Waals surface area contributed by atoms with Crippen molar-refractivity contribution in [2.45, 2.75) is 156 Å². The molecule has 1 amide bonds. The van der Waals surface area contributed by atoms with Crippen molar-refractivity contribution in [3.63, 3.8) is 0 Å². The SMILES string of the molecule is CC(=O)NC1C(O)[C@H](O[C@@H]2OC(CO)[C@H](O)C(OC(C)C)C2O)C(CO)O[C@H]1OC1C(O)[C@H](O[C@@H]2C(CO)OC(C(=O)OCc3ccccc3)C(O)C2O)OC(CO)[C@@H]1O. The van der Waals surface area contributed by atoms with Crippen molar-refractivity contribution in [3.8, 4) is 0 Å². The minimum atomic E-state index is -2.06. The van der Waals surface area contributed by atoms with Gasteiger partial charge in [0.15, 0.2) is 25.0 Å². The van der Waals surface area contributed by atoms with Gasteiger partial charge in [-0.05, 0) is 19.4 Å². The van der Waals surface area contributed by atoms with Gasteiger partial charge in [0.05, 0.1) is 32.5 Å². The molecule has 13 unspecified atom stereocenters. The van der Waals surface area contributed by atoms with Crippen molar-refractivity contribution >= 4 is 11.9 Å². The van der Waals surface area contributed by atoms with E-state index in [1.165, 1.54) is 0 Å². The highest BCUT2D eigenvalue weighted by atomic mass is 16.8. The van der Waals surface area contributed by atoms with E-state index in [4.69, 9.17) is 42.6 Å². The predicted molar refractivity (Wildman–Crippen MR) is 194 cm³/mol. The molecule has 342 valence electrons. The number of ether oxygens (including phenoxy) is 9. The lowest BCUT2D eigenvalue weighted by Gasteiger charge is -2.50. The molecule has 23 nitrogen and oxygen atoms in total. The van der Waals surface area contributed by atoms with E-state index in [1.807, 2.05) is 0 Å². The van der Waals surface area contributed by atoms with Crippen molar-refractivity contribution < 1.29 is 108 Å². The highest BCUT2D eigenvalue weighted by Crippen LogP contribution is 2.35. The van der Waals surface area contributed by atoms with Crippen LogP contribution in [0.4, 0.5) is 0 Å². The Balaban J connectivity index is 1.32. The number of nitrogens with one attached hydrogen (secondary N) is 1. The van der Waals surface area contributed by atoms with Gasteiger partial charge in [-0.25, -0.2) is 4.79 Å². The molecule has 4 aliphatic rings. The fourth-order valence-corrected chi connectivity index (χ4v) is 7.43. The Hall–Kier alpha value is -2.60. The van der Waals surface area contributed by atoms with Crippen LogP contribution in [0.15, 0.2) is 30.3 Å². The summed E-state index contributed by atoms with van der Waals surface area (Å²) >= 11 is 0. The average molecular weight is 868 g/mol. The van der Waals surface area contributed by atoms with Gasteiger partial charge in [0, 0.05) is 6.92 Å². The number of carbonyl (C=O) groups excluding carboxylic acids is 2. The Bertz CT molecular complexity index is 1490. The molecular formula is C37H57NO22. The Morgan fingerprint density at radius 2 is 1.08 bits per heavy atom. The average Bonchev–Trinajstić information content (AvgIpc) is 3.22. The number of carbonyl (C=O) groups is 2. The maximum atomic E-state index is 12.9. The van der Waals surface area contributed by atoms with Crippen molar-refractivity contribution in [1.29, 1.82) is 0 Å². The highest BCUT2D eigenvalue weighted by Gasteiger charge is 2.56. The van der Waals surface area contributed by atoms with E-state index in [-0.39, 0.29) is 6.61 Å². The first-order chi connectivity index (χ1) is 28.5. The zero-order valence-corrected chi connectivity index (χ0v) is 33.0. The molecule has 0 aromatic heterocycles. The van der Waals surface area contributed by atoms with Crippen LogP contribution in [0.5, 0.6) is 0 Å². The molecule has 4 aliphatic heterocycles. The van der Waals surface area contributed by atoms with Gasteiger partial charge in [-0.3, -0.25) is 4.79 Å². The van der Waals surface area contributed by atoms with E-state index in [0.717, 1.165) is 6.92 Å². The standard InChI is InChI=1S/C37H57NO22/c1-14(2)53-31-22(44)17(9-39)55-36(27(31)49)58-29-20(12-42)57-35(21(24(29)46)38-15(3)43)60-32-23(45)18(10-40)56-37(28(32)50)59-30-19(11-41)54-33(26(48)25(30)47)34(51)52-13-16-7-5-4-6-8-16/h4-8,14,17-33,35-37,39-42,44-50H,9-13H2,1-3H3,(H,38,43)/t17?,18?,19?,20?,21?,22-,23-,24?,25?,26?,27?,28?,29+,30+,31?,32?,33?,35-,36-,37-/m0/s1. The van der Waals surface area contributed by atoms with Crippen LogP contribution in [0.3, 0.4) is 0 Å². The number of hydrogen-bond donors (Lipinski definition) is 12. The minimum absolute atomic E-state index is 0.194. The Labute approximate surface area is 343 Å². The number of benzene rings is 1. The first-order valence-corrected chi connectivity index (χ1v) is 19.5. The van der Waals surface area contributed by atoms with E-state index in [9.17, 15) is 65.8 Å². The van der Waals surface area contributed by atoms with Crippen LogP contribution in [0.25, 0.3) is 0 Å². The quantitative estimate of drug-likeness (QED) is 0.0688. The van der Waals surface area contributed by atoms with E-state index >= 15 is 0 Å². The van der Waals surface area contributed by atoms with Gasteiger partial charge in [0.2, 0.25) is 5.91 Å². The molecule has 1 aromatic rings. The van der Waals surface area contributed by atoms with Crippen molar-refractivity contribution in [2.24, 2.45) is 0 Å². The topological polar surface area (TPSA) is 352 Å². The van der Waals surface area contributed by atoms with Crippen molar-refractivity contribution in [2.75, 3.05) is 26.4 Å². The predicted octanol–water partition coefficient (Wildman–Crippen LogP) is -6.38. The van der Waals surface area contributed by atoms with Gasteiger partial charge in [-0.2, -0.15) is 0 Å². The van der Waals surface area contributed by atoms with E-state index < -0.39 is 167 Å². The van der Waals surface area contributed by atoms with Crippen LogP contribution < -0.4 is 5.32 Å². The Morgan fingerprint density at radius 3 is 1.62 bits per heavy atom. The maximum Gasteiger partial charge on any atom is 0.338 e. The molecule has 4 fully saturated rings. The summed E-state index contributed by atoms with van der Waals surface area (Å²) in [6, 6.07) is 6.93. The summed E-state index contributed by atoms with van der Waals surface area (Å²) in [6.07, 6.45) is -33.2. The van der Waals surface area contributed by atoms with Gasteiger partial charge in [-0.1, -0.05) is 30.3 Å². The molecule has 0 spiro atoms. The molecule has 5 rings (SSSR count). The smallest absolute Gasteiger partial charge is 0.338 e. The molecule has 1 aromatic carbocycles. The van der Waals surface area contributed by atoms with E-state index in [1.54, 1.807) is 44.2 Å². The number of esters is 1. The normalized spacial score (nSPS) is 42.5. The molecule has 0 saturated carbocycles. The van der Waals surface area contributed by atoms with Crippen LogP contribution in [0.1, 0.15) is 26.3 Å². The molecule has 12 N–H and O–H groups in total. The molecule has 0 aliphatic carbocycles. The van der Waals surface area contributed by atoms with Gasteiger partial charge < -0.3 is 104 Å². The first kappa shape index (κ1) is 48.4. The lowest BCUT2D eigenvalue weighted by atomic mass is 9.93. The van der Waals surface area contributed by atoms with Crippen molar-refractivity contribution in [1.82, 2.24) is 5.32 Å². The van der Waals surface area contributed by atoms with Gasteiger partial charge in [0.25, 0.3) is 0 Å². The third-order valence-corrected chi connectivity index (χ3v) is 10.5. The zero-order valence-electron chi connectivity index (χ0n) is 33.0. The lowest BCUT2D eigenvalue weighted by molar-refractivity contribution is -0.377. The monoisotopic (exact) mass is 867 g/mol. The van der Waals surface area contributed by atoms with Crippen LogP contribution >= 0.6 is 0 Å². The number of amides is 1. The number of aliphatic hydroxyl groups is 11. The highest BCUT2D eigenvalue weighted by molar-refractivity contribution is 5.76. The summed E-state index contributed by atoms with van der Waals surface area (Å²) in [5.41, 5.74) is 0.618. The van der Waals surface area contributed by atoms with Crippen LogP contribution in [-0.4, -0.2) is 223 Å². The molecule has 23 heteroatoms. The molecule has 0 bridgehead atoms. The fourth-order valence-electron chi connectivity index (χ4n) is 7.43. The fraction of sp³-hybridized carbons (Fsp3) is 0.784.